The second-order valence-electron chi connectivity index (χ2n) is 3.73. The van der Waals surface area contributed by atoms with Gasteiger partial charge in [0.05, 0.1) is 11.6 Å². The molecule has 0 fully saturated rings. The predicted molar refractivity (Wildman–Crippen MR) is 71.1 cm³/mol. The average molecular weight is 248 g/mol. The van der Waals surface area contributed by atoms with Crippen molar-refractivity contribution >= 4 is 17.7 Å². The van der Waals surface area contributed by atoms with Crippen molar-refractivity contribution in [3.8, 4) is 6.07 Å². The molecule has 0 saturated carbocycles. The van der Waals surface area contributed by atoms with Crippen molar-refractivity contribution < 1.29 is 4.79 Å². The number of nitrogens with zero attached hydrogens (tertiary/aromatic N) is 1. The van der Waals surface area contributed by atoms with Crippen LogP contribution in [0.25, 0.3) is 0 Å². The van der Waals surface area contributed by atoms with Crippen LogP contribution in [0.4, 0.5) is 0 Å². The zero-order valence-corrected chi connectivity index (χ0v) is 10.9. The van der Waals surface area contributed by atoms with Crippen LogP contribution in [0.1, 0.15) is 29.3 Å². The van der Waals surface area contributed by atoms with Gasteiger partial charge in [-0.2, -0.15) is 17.0 Å². The third-order valence-electron chi connectivity index (χ3n) is 2.45. The SMILES string of the molecule is CCC(CSC)NC(=O)c1cccc(C#N)c1. The van der Waals surface area contributed by atoms with Crippen molar-refractivity contribution in [1.82, 2.24) is 5.32 Å². The second kappa shape index (κ2) is 6.97. The van der Waals surface area contributed by atoms with E-state index in [1.54, 1.807) is 36.0 Å². The number of carbonyl (C=O) groups is 1. The molecule has 1 atom stereocenters. The summed E-state index contributed by atoms with van der Waals surface area (Å²) in [6, 6.07) is 8.97. The number of carbonyl (C=O) groups excluding carboxylic acids is 1. The van der Waals surface area contributed by atoms with Gasteiger partial charge in [0, 0.05) is 17.4 Å². The first-order valence-electron chi connectivity index (χ1n) is 5.51. The maximum absolute atomic E-state index is 11.9. The van der Waals surface area contributed by atoms with Crippen LogP contribution in [0, 0.1) is 11.3 Å². The summed E-state index contributed by atoms with van der Waals surface area (Å²) in [5.41, 5.74) is 1.05. The van der Waals surface area contributed by atoms with Crippen LogP contribution in [-0.4, -0.2) is 24.0 Å². The van der Waals surface area contributed by atoms with Gasteiger partial charge in [-0.3, -0.25) is 4.79 Å². The summed E-state index contributed by atoms with van der Waals surface area (Å²) in [7, 11) is 0. The summed E-state index contributed by atoms with van der Waals surface area (Å²) in [5.74, 6) is 0.795. The molecule has 1 rings (SSSR count). The molecule has 0 bridgehead atoms. The molecule has 1 unspecified atom stereocenters. The van der Waals surface area contributed by atoms with Crippen LogP contribution in [0.5, 0.6) is 0 Å². The fourth-order valence-corrected chi connectivity index (χ4v) is 2.18. The number of rotatable bonds is 5. The second-order valence-corrected chi connectivity index (χ2v) is 4.64. The van der Waals surface area contributed by atoms with E-state index in [1.807, 2.05) is 19.2 Å². The number of benzene rings is 1. The lowest BCUT2D eigenvalue weighted by atomic mass is 10.1. The van der Waals surface area contributed by atoms with Gasteiger partial charge >= 0.3 is 0 Å². The monoisotopic (exact) mass is 248 g/mol. The molecule has 1 aromatic carbocycles. The van der Waals surface area contributed by atoms with Gasteiger partial charge in [-0.1, -0.05) is 13.0 Å². The summed E-state index contributed by atoms with van der Waals surface area (Å²) in [6.07, 6.45) is 2.93. The largest absolute Gasteiger partial charge is 0.348 e. The van der Waals surface area contributed by atoms with Gasteiger partial charge in [0.15, 0.2) is 0 Å². The van der Waals surface area contributed by atoms with Crippen LogP contribution in [0.2, 0.25) is 0 Å². The lowest BCUT2D eigenvalue weighted by Gasteiger charge is -2.15. The first-order valence-corrected chi connectivity index (χ1v) is 6.90. The first-order chi connectivity index (χ1) is 8.21. The van der Waals surface area contributed by atoms with Gasteiger partial charge in [0.25, 0.3) is 5.91 Å². The van der Waals surface area contributed by atoms with Crippen LogP contribution < -0.4 is 5.32 Å². The zero-order chi connectivity index (χ0) is 12.7. The molecule has 0 aromatic heterocycles. The highest BCUT2D eigenvalue weighted by Crippen LogP contribution is 2.06. The molecular weight excluding hydrogens is 232 g/mol. The quantitative estimate of drug-likeness (QED) is 0.870. The average Bonchev–Trinajstić information content (AvgIpc) is 2.38. The summed E-state index contributed by atoms with van der Waals surface area (Å²) < 4.78 is 0. The molecule has 1 aromatic rings. The van der Waals surface area contributed by atoms with Crippen LogP contribution in [0.3, 0.4) is 0 Å². The molecular formula is C13H16N2OS. The van der Waals surface area contributed by atoms with E-state index in [2.05, 4.69) is 5.32 Å². The minimum Gasteiger partial charge on any atom is -0.348 e. The molecule has 1 amide bonds. The van der Waals surface area contributed by atoms with Gasteiger partial charge in [-0.25, -0.2) is 0 Å². The standard InChI is InChI=1S/C13H16N2OS/c1-3-12(9-17-2)15-13(16)11-6-4-5-10(7-11)8-14/h4-7,12H,3,9H2,1-2H3,(H,15,16). The lowest BCUT2D eigenvalue weighted by molar-refractivity contribution is 0.0940. The van der Waals surface area contributed by atoms with Crippen molar-refractivity contribution in [3.63, 3.8) is 0 Å². The third-order valence-corrected chi connectivity index (χ3v) is 3.19. The third kappa shape index (κ3) is 4.12. The minimum atomic E-state index is -0.108. The Kier molecular flexibility index (Phi) is 5.58. The van der Waals surface area contributed by atoms with E-state index in [-0.39, 0.29) is 11.9 Å². The van der Waals surface area contributed by atoms with Crippen molar-refractivity contribution in [1.29, 1.82) is 5.26 Å². The summed E-state index contributed by atoms with van der Waals surface area (Å²) >= 11 is 1.71. The molecule has 3 nitrogen and oxygen atoms in total. The zero-order valence-electron chi connectivity index (χ0n) is 10.1. The van der Waals surface area contributed by atoms with Crippen molar-refractivity contribution in [3.05, 3.63) is 35.4 Å². The van der Waals surface area contributed by atoms with E-state index in [9.17, 15) is 4.79 Å². The van der Waals surface area contributed by atoms with Crippen LogP contribution >= 0.6 is 11.8 Å². The number of hydrogen-bond acceptors (Lipinski definition) is 3. The number of hydrogen-bond donors (Lipinski definition) is 1. The Labute approximate surface area is 106 Å². The Bertz CT molecular complexity index is 426. The summed E-state index contributed by atoms with van der Waals surface area (Å²) in [6.45, 7) is 2.05. The molecule has 0 radical (unpaired) electrons. The van der Waals surface area contributed by atoms with Gasteiger partial charge in [-0.15, -0.1) is 0 Å². The normalized spacial score (nSPS) is 11.6. The molecule has 0 spiro atoms. The van der Waals surface area contributed by atoms with E-state index in [0.29, 0.717) is 11.1 Å². The summed E-state index contributed by atoms with van der Waals surface area (Å²) in [4.78, 5) is 11.9. The maximum Gasteiger partial charge on any atom is 0.251 e. The van der Waals surface area contributed by atoms with Crippen molar-refractivity contribution in [2.24, 2.45) is 0 Å². The van der Waals surface area contributed by atoms with Crippen molar-refractivity contribution in [2.75, 3.05) is 12.0 Å². The molecule has 0 heterocycles. The topological polar surface area (TPSA) is 52.9 Å². The highest BCUT2D eigenvalue weighted by molar-refractivity contribution is 7.98. The van der Waals surface area contributed by atoms with E-state index in [4.69, 9.17) is 5.26 Å². The highest BCUT2D eigenvalue weighted by atomic mass is 32.2. The number of nitriles is 1. The summed E-state index contributed by atoms with van der Waals surface area (Å²) in [5, 5.41) is 11.7. The molecule has 0 aliphatic carbocycles. The first kappa shape index (κ1) is 13.6. The Morgan fingerprint density at radius 1 is 1.59 bits per heavy atom. The highest BCUT2D eigenvalue weighted by Gasteiger charge is 2.11. The van der Waals surface area contributed by atoms with E-state index < -0.39 is 0 Å². The van der Waals surface area contributed by atoms with Gasteiger partial charge < -0.3 is 5.32 Å². The molecule has 4 heteroatoms. The smallest absolute Gasteiger partial charge is 0.251 e. The van der Waals surface area contributed by atoms with Crippen LogP contribution in [-0.2, 0) is 0 Å². The van der Waals surface area contributed by atoms with E-state index in [0.717, 1.165) is 12.2 Å². The van der Waals surface area contributed by atoms with Crippen LogP contribution in [0.15, 0.2) is 24.3 Å². The minimum absolute atomic E-state index is 0.108. The lowest BCUT2D eigenvalue weighted by Crippen LogP contribution is -2.36. The Morgan fingerprint density at radius 2 is 2.35 bits per heavy atom. The predicted octanol–water partition coefficient (Wildman–Crippen LogP) is 2.43. The van der Waals surface area contributed by atoms with Gasteiger partial charge in [0.1, 0.15) is 0 Å². The Hall–Kier alpha value is -1.47. The number of nitrogens with one attached hydrogen (secondary N) is 1. The maximum atomic E-state index is 11.9. The molecule has 1 N–H and O–H groups in total. The van der Waals surface area contributed by atoms with E-state index in [1.165, 1.54) is 0 Å². The molecule has 0 aliphatic heterocycles. The Balaban J connectivity index is 2.72. The van der Waals surface area contributed by atoms with E-state index >= 15 is 0 Å². The fourth-order valence-electron chi connectivity index (χ4n) is 1.46. The molecule has 0 aliphatic rings. The number of amides is 1. The van der Waals surface area contributed by atoms with Crippen molar-refractivity contribution in [2.45, 2.75) is 19.4 Å². The molecule has 90 valence electrons. The Morgan fingerprint density at radius 3 is 2.94 bits per heavy atom. The fraction of sp³-hybridized carbons (Fsp3) is 0.385. The molecule has 17 heavy (non-hydrogen) atoms. The number of thioether (sulfide) groups is 1. The van der Waals surface area contributed by atoms with Gasteiger partial charge in [0.2, 0.25) is 0 Å². The van der Waals surface area contributed by atoms with Gasteiger partial charge in [-0.05, 0) is 30.9 Å². The molecule has 0 saturated heterocycles.